The van der Waals surface area contributed by atoms with E-state index >= 15 is 0 Å². The summed E-state index contributed by atoms with van der Waals surface area (Å²) in [6.45, 7) is 1.33. The largest absolute Gasteiger partial charge is 0.416 e. The number of pyridine rings is 1. The number of aromatic nitrogens is 3. The van der Waals surface area contributed by atoms with Gasteiger partial charge in [-0.05, 0) is 31.0 Å². The van der Waals surface area contributed by atoms with Crippen LogP contribution in [0.5, 0.6) is 0 Å². The van der Waals surface area contributed by atoms with Crippen molar-refractivity contribution >= 4 is 22.5 Å². The summed E-state index contributed by atoms with van der Waals surface area (Å²) in [7, 11) is 1.80. The van der Waals surface area contributed by atoms with Crippen molar-refractivity contribution in [1.82, 2.24) is 19.9 Å². The fourth-order valence-corrected chi connectivity index (χ4v) is 3.69. The van der Waals surface area contributed by atoms with Crippen LogP contribution >= 0.6 is 0 Å². The lowest BCUT2D eigenvalue weighted by Gasteiger charge is -2.35. The molecule has 1 aromatic carbocycles. The Morgan fingerprint density at radius 3 is 2.79 bits per heavy atom. The maximum absolute atomic E-state index is 13.0. The summed E-state index contributed by atoms with van der Waals surface area (Å²) in [4.78, 5) is 22.7. The van der Waals surface area contributed by atoms with Gasteiger partial charge in [-0.3, -0.25) is 9.78 Å². The highest BCUT2D eigenvalue weighted by atomic mass is 19.4. The SMILES string of the molecule is Cn1cnc(C(=O)NC2CCCN(c3ccnc4cc(C(F)(F)F)ccc34)C2)c1. The van der Waals surface area contributed by atoms with E-state index in [1.807, 2.05) is 0 Å². The van der Waals surface area contributed by atoms with E-state index in [-0.39, 0.29) is 11.9 Å². The van der Waals surface area contributed by atoms with Crippen LogP contribution < -0.4 is 10.2 Å². The van der Waals surface area contributed by atoms with Crippen molar-refractivity contribution in [2.24, 2.45) is 7.05 Å². The van der Waals surface area contributed by atoms with Gasteiger partial charge in [0, 0.05) is 49.6 Å². The van der Waals surface area contributed by atoms with Gasteiger partial charge in [-0.2, -0.15) is 13.2 Å². The van der Waals surface area contributed by atoms with Gasteiger partial charge in [-0.25, -0.2) is 4.98 Å². The molecular weight excluding hydrogens is 383 g/mol. The number of anilines is 1. The molecule has 2 aromatic heterocycles. The van der Waals surface area contributed by atoms with Crippen LogP contribution in [0.25, 0.3) is 10.9 Å². The fraction of sp³-hybridized carbons (Fsp3) is 0.350. The number of nitrogens with zero attached hydrogens (tertiary/aromatic N) is 4. The standard InChI is InChI=1S/C20H20F3N5O/c1-27-11-17(25-12-27)19(29)26-14-3-2-8-28(10-14)18-6-7-24-16-9-13(20(21,22)23)4-5-15(16)18/h4-7,9,11-12,14H,2-3,8,10H2,1H3,(H,26,29). The molecule has 0 spiro atoms. The summed E-state index contributed by atoms with van der Waals surface area (Å²) >= 11 is 0. The molecule has 0 bridgehead atoms. The van der Waals surface area contributed by atoms with Crippen molar-refractivity contribution in [2.45, 2.75) is 25.1 Å². The minimum absolute atomic E-state index is 0.0732. The molecule has 1 amide bonds. The Labute approximate surface area is 165 Å². The highest BCUT2D eigenvalue weighted by Crippen LogP contribution is 2.34. The number of hydrogen-bond acceptors (Lipinski definition) is 4. The average molecular weight is 403 g/mol. The van der Waals surface area contributed by atoms with Crippen LogP contribution in [0.1, 0.15) is 28.9 Å². The molecule has 1 saturated heterocycles. The smallest absolute Gasteiger partial charge is 0.369 e. The number of benzene rings is 1. The first-order chi connectivity index (χ1) is 13.8. The second-order valence-corrected chi connectivity index (χ2v) is 7.24. The number of halogens is 3. The van der Waals surface area contributed by atoms with Crippen molar-refractivity contribution < 1.29 is 18.0 Å². The quantitative estimate of drug-likeness (QED) is 0.728. The van der Waals surface area contributed by atoms with E-state index < -0.39 is 11.7 Å². The molecule has 1 unspecified atom stereocenters. The summed E-state index contributed by atoms with van der Waals surface area (Å²) in [6.07, 6.45) is 2.03. The van der Waals surface area contributed by atoms with Crippen molar-refractivity contribution in [3.05, 3.63) is 54.2 Å². The number of fused-ring (bicyclic) bond motifs is 1. The van der Waals surface area contributed by atoms with Crippen LogP contribution in [0.4, 0.5) is 18.9 Å². The molecule has 9 heteroatoms. The minimum Gasteiger partial charge on any atom is -0.369 e. The Bertz CT molecular complexity index is 1050. The zero-order valence-corrected chi connectivity index (χ0v) is 15.8. The highest BCUT2D eigenvalue weighted by Gasteiger charge is 2.31. The molecule has 3 aromatic rings. The minimum atomic E-state index is -4.40. The maximum atomic E-state index is 13.0. The van der Waals surface area contributed by atoms with Crippen LogP contribution in [-0.2, 0) is 13.2 Å². The van der Waals surface area contributed by atoms with Crippen molar-refractivity contribution in [3.8, 4) is 0 Å². The molecule has 0 saturated carbocycles. The maximum Gasteiger partial charge on any atom is 0.416 e. The summed E-state index contributed by atoms with van der Waals surface area (Å²) in [5.74, 6) is -0.230. The molecular formula is C20H20F3N5O. The average Bonchev–Trinajstić information content (AvgIpc) is 3.13. The number of aryl methyl sites for hydroxylation is 1. The molecule has 0 aliphatic carbocycles. The fourth-order valence-electron chi connectivity index (χ4n) is 3.69. The van der Waals surface area contributed by atoms with Gasteiger partial charge in [0.2, 0.25) is 0 Å². The van der Waals surface area contributed by atoms with Crippen LogP contribution in [0, 0.1) is 0 Å². The Balaban J connectivity index is 1.55. The first kappa shape index (κ1) is 19.2. The lowest BCUT2D eigenvalue weighted by Crippen LogP contribution is -2.48. The number of nitrogens with one attached hydrogen (secondary N) is 1. The summed E-state index contributed by atoms with van der Waals surface area (Å²) in [6, 6.07) is 5.35. The number of alkyl halides is 3. The lowest BCUT2D eigenvalue weighted by atomic mass is 10.0. The van der Waals surface area contributed by atoms with Gasteiger partial charge in [0.15, 0.2) is 0 Å². The molecule has 1 atom stereocenters. The molecule has 6 nitrogen and oxygen atoms in total. The first-order valence-electron chi connectivity index (χ1n) is 9.31. The second kappa shape index (κ2) is 7.38. The third-order valence-electron chi connectivity index (χ3n) is 5.08. The van der Waals surface area contributed by atoms with E-state index in [9.17, 15) is 18.0 Å². The molecule has 0 radical (unpaired) electrons. The van der Waals surface area contributed by atoms with Gasteiger partial charge in [-0.1, -0.05) is 6.07 Å². The summed E-state index contributed by atoms with van der Waals surface area (Å²) < 4.78 is 40.7. The molecule has 1 aliphatic heterocycles. The van der Waals surface area contributed by atoms with E-state index in [1.165, 1.54) is 12.3 Å². The molecule has 1 aliphatic rings. The van der Waals surface area contributed by atoms with Crippen LogP contribution in [0.15, 0.2) is 43.0 Å². The van der Waals surface area contributed by atoms with Crippen molar-refractivity contribution in [3.63, 3.8) is 0 Å². The molecule has 29 heavy (non-hydrogen) atoms. The number of amides is 1. The molecule has 4 rings (SSSR count). The molecule has 152 valence electrons. The monoisotopic (exact) mass is 403 g/mol. The normalized spacial score (nSPS) is 17.5. The first-order valence-corrected chi connectivity index (χ1v) is 9.31. The lowest BCUT2D eigenvalue weighted by molar-refractivity contribution is -0.137. The Kier molecular flexibility index (Phi) is 4.89. The molecule has 1 N–H and O–H groups in total. The van der Waals surface area contributed by atoms with E-state index in [1.54, 1.807) is 30.2 Å². The number of imidazole rings is 1. The van der Waals surface area contributed by atoms with Gasteiger partial charge in [0.25, 0.3) is 5.91 Å². The van der Waals surface area contributed by atoms with E-state index in [4.69, 9.17) is 0 Å². The van der Waals surface area contributed by atoms with Gasteiger partial charge >= 0.3 is 6.18 Å². The zero-order chi connectivity index (χ0) is 20.6. The Morgan fingerprint density at radius 2 is 2.07 bits per heavy atom. The van der Waals surface area contributed by atoms with E-state index in [2.05, 4.69) is 20.2 Å². The van der Waals surface area contributed by atoms with Gasteiger partial charge in [0.1, 0.15) is 5.69 Å². The topological polar surface area (TPSA) is 63.1 Å². The van der Waals surface area contributed by atoms with Crippen LogP contribution in [0.2, 0.25) is 0 Å². The summed E-state index contributed by atoms with van der Waals surface area (Å²) in [5.41, 5.74) is 0.768. The van der Waals surface area contributed by atoms with Gasteiger partial charge < -0.3 is 14.8 Å². The molecule has 3 heterocycles. The number of carbonyl (C=O) groups is 1. The zero-order valence-electron chi connectivity index (χ0n) is 15.8. The van der Waals surface area contributed by atoms with E-state index in [0.29, 0.717) is 23.1 Å². The highest BCUT2D eigenvalue weighted by molar-refractivity contribution is 5.93. The van der Waals surface area contributed by atoms with Crippen molar-refractivity contribution in [2.75, 3.05) is 18.0 Å². The predicted molar refractivity (Wildman–Crippen MR) is 103 cm³/mol. The van der Waals surface area contributed by atoms with Crippen LogP contribution in [-0.4, -0.2) is 39.6 Å². The number of rotatable bonds is 3. The third kappa shape index (κ3) is 4.03. The Morgan fingerprint density at radius 1 is 1.24 bits per heavy atom. The Hall–Kier alpha value is -3.10. The molecule has 1 fully saturated rings. The number of hydrogen-bond donors (Lipinski definition) is 1. The number of carbonyl (C=O) groups excluding carboxylic acids is 1. The van der Waals surface area contributed by atoms with Crippen LogP contribution in [0.3, 0.4) is 0 Å². The van der Waals surface area contributed by atoms with Gasteiger partial charge in [0.05, 0.1) is 17.4 Å². The van der Waals surface area contributed by atoms with Crippen molar-refractivity contribution in [1.29, 1.82) is 0 Å². The third-order valence-corrected chi connectivity index (χ3v) is 5.08. The summed E-state index contributed by atoms with van der Waals surface area (Å²) in [5, 5.41) is 3.67. The van der Waals surface area contributed by atoms with Gasteiger partial charge in [-0.15, -0.1) is 0 Å². The number of piperidine rings is 1. The predicted octanol–water partition coefficient (Wildman–Crippen LogP) is 3.39. The second-order valence-electron chi connectivity index (χ2n) is 7.24. The van der Waals surface area contributed by atoms with E-state index in [0.717, 1.165) is 37.2 Å².